The lowest BCUT2D eigenvalue weighted by Gasteiger charge is -2.21. The van der Waals surface area contributed by atoms with E-state index in [1.54, 1.807) is 11.0 Å². The first-order chi connectivity index (χ1) is 13.0. The molecule has 0 aromatic heterocycles. The fourth-order valence-electron chi connectivity index (χ4n) is 3.60. The van der Waals surface area contributed by atoms with Gasteiger partial charge in [-0.05, 0) is 31.1 Å². The van der Waals surface area contributed by atoms with Gasteiger partial charge in [0.15, 0.2) is 6.79 Å². The lowest BCUT2D eigenvalue weighted by Crippen LogP contribution is -2.34. The number of para-hydroxylation sites is 1. The van der Waals surface area contributed by atoms with Crippen molar-refractivity contribution in [2.24, 2.45) is 0 Å². The number of fused-ring (bicyclic) bond motifs is 2. The van der Waals surface area contributed by atoms with Gasteiger partial charge in [-0.1, -0.05) is 18.2 Å². The van der Waals surface area contributed by atoms with Crippen LogP contribution in [-0.4, -0.2) is 23.7 Å². The first-order valence-corrected chi connectivity index (χ1v) is 8.65. The van der Waals surface area contributed by atoms with Crippen LogP contribution in [0.5, 0.6) is 5.75 Å². The molecule has 138 valence electrons. The summed E-state index contributed by atoms with van der Waals surface area (Å²) in [6.45, 7) is 2.32. The molecule has 4 rings (SSSR count). The standard InChI is InChI=1S/C20H18N2O5/c1-13-8-14-4-2-3-5-18(14)21(13)19(23)7-6-15-9-17(22(24)25)10-16-11-26-12-27-20(15)16/h2-7,9-10,13H,8,11-12H2,1H3/b7-6+. The van der Waals surface area contributed by atoms with Crippen LogP contribution < -0.4 is 9.64 Å². The highest BCUT2D eigenvalue weighted by atomic mass is 16.7. The van der Waals surface area contributed by atoms with Gasteiger partial charge in [-0.2, -0.15) is 0 Å². The Hall–Kier alpha value is -3.19. The van der Waals surface area contributed by atoms with Crippen molar-refractivity contribution in [1.82, 2.24) is 0 Å². The lowest BCUT2D eigenvalue weighted by atomic mass is 10.1. The van der Waals surface area contributed by atoms with Crippen LogP contribution in [0, 0.1) is 10.1 Å². The number of amides is 1. The Morgan fingerprint density at radius 3 is 2.93 bits per heavy atom. The van der Waals surface area contributed by atoms with Gasteiger partial charge in [-0.25, -0.2) is 0 Å². The Morgan fingerprint density at radius 1 is 1.30 bits per heavy atom. The number of benzene rings is 2. The average Bonchev–Trinajstić information content (AvgIpc) is 3.01. The number of carbonyl (C=O) groups excluding carboxylic acids is 1. The van der Waals surface area contributed by atoms with E-state index in [4.69, 9.17) is 9.47 Å². The van der Waals surface area contributed by atoms with Crippen molar-refractivity contribution in [2.45, 2.75) is 26.0 Å². The predicted molar refractivity (Wildman–Crippen MR) is 99.5 cm³/mol. The molecule has 27 heavy (non-hydrogen) atoms. The summed E-state index contributed by atoms with van der Waals surface area (Å²) < 4.78 is 10.7. The van der Waals surface area contributed by atoms with Gasteiger partial charge < -0.3 is 14.4 Å². The van der Waals surface area contributed by atoms with Gasteiger partial charge in [0, 0.05) is 41.1 Å². The predicted octanol–water partition coefficient (Wildman–Crippen LogP) is 3.45. The fraction of sp³-hybridized carbons (Fsp3) is 0.250. The van der Waals surface area contributed by atoms with Crippen molar-refractivity contribution in [3.63, 3.8) is 0 Å². The summed E-state index contributed by atoms with van der Waals surface area (Å²) in [5.74, 6) is 0.352. The fourth-order valence-corrected chi connectivity index (χ4v) is 3.60. The zero-order valence-corrected chi connectivity index (χ0v) is 14.8. The van der Waals surface area contributed by atoms with Crippen molar-refractivity contribution >= 4 is 23.4 Å². The molecule has 2 aromatic carbocycles. The minimum atomic E-state index is -0.465. The molecular formula is C20H18N2O5. The molecule has 2 aliphatic rings. The zero-order valence-electron chi connectivity index (χ0n) is 14.8. The summed E-state index contributed by atoms with van der Waals surface area (Å²) in [6, 6.07) is 10.7. The highest BCUT2D eigenvalue weighted by molar-refractivity contribution is 6.05. The van der Waals surface area contributed by atoms with Crippen molar-refractivity contribution in [2.75, 3.05) is 11.7 Å². The molecule has 0 radical (unpaired) electrons. The van der Waals surface area contributed by atoms with Gasteiger partial charge in [-0.3, -0.25) is 14.9 Å². The van der Waals surface area contributed by atoms with E-state index in [2.05, 4.69) is 0 Å². The van der Waals surface area contributed by atoms with Crippen molar-refractivity contribution in [1.29, 1.82) is 0 Å². The molecule has 1 unspecified atom stereocenters. The second-order valence-electron chi connectivity index (χ2n) is 6.61. The first kappa shape index (κ1) is 17.2. The van der Waals surface area contributed by atoms with E-state index in [1.807, 2.05) is 31.2 Å². The number of non-ortho nitro benzene ring substituents is 1. The number of rotatable bonds is 3. The third-order valence-electron chi connectivity index (χ3n) is 4.78. The Balaban J connectivity index is 1.66. The summed E-state index contributed by atoms with van der Waals surface area (Å²) in [6.07, 6.45) is 3.83. The highest BCUT2D eigenvalue weighted by Crippen LogP contribution is 2.35. The Labute approximate surface area is 156 Å². The maximum Gasteiger partial charge on any atom is 0.270 e. The maximum atomic E-state index is 12.8. The maximum absolute atomic E-state index is 12.8. The van der Waals surface area contributed by atoms with E-state index in [9.17, 15) is 14.9 Å². The minimum absolute atomic E-state index is 0.0585. The van der Waals surface area contributed by atoms with Gasteiger partial charge >= 0.3 is 0 Å². The van der Waals surface area contributed by atoms with Crippen LogP contribution >= 0.6 is 0 Å². The number of hydrogen-bond acceptors (Lipinski definition) is 5. The van der Waals surface area contributed by atoms with Gasteiger partial charge in [0.2, 0.25) is 0 Å². The molecule has 0 fully saturated rings. The van der Waals surface area contributed by atoms with E-state index in [1.165, 1.54) is 18.2 Å². The van der Waals surface area contributed by atoms with Crippen LogP contribution in [0.2, 0.25) is 0 Å². The highest BCUT2D eigenvalue weighted by Gasteiger charge is 2.29. The Kier molecular flexibility index (Phi) is 4.37. The molecule has 7 nitrogen and oxygen atoms in total. The Morgan fingerprint density at radius 2 is 2.11 bits per heavy atom. The van der Waals surface area contributed by atoms with Crippen LogP contribution in [0.1, 0.15) is 23.6 Å². The summed E-state index contributed by atoms with van der Waals surface area (Å²) in [5, 5.41) is 11.2. The van der Waals surface area contributed by atoms with Crippen LogP contribution in [0.15, 0.2) is 42.5 Å². The molecule has 0 saturated heterocycles. The summed E-state index contributed by atoms with van der Waals surface area (Å²) in [4.78, 5) is 25.3. The molecule has 0 bridgehead atoms. The number of nitrogens with zero attached hydrogens (tertiary/aromatic N) is 2. The van der Waals surface area contributed by atoms with Crippen molar-refractivity contribution in [3.05, 3.63) is 69.3 Å². The topological polar surface area (TPSA) is 81.9 Å². The van der Waals surface area contributed by atoms with E-state index in [0.29, 0.717) is 16.9 Å². The molecule has 7 heteroatoms. The third-order valence-corrected chi connectivity index (χ3v) is 4.78. The van der Waals surface area contributed by atoms with E-state index >= 15 is 0 Å². The second-order valence-corrected chi connectivity index (χ2v) is 6.61. The molecule has 2 heterocycles. The molecule has 0 N–H and O–H groups in total. The normalized spacial score (nSPS) is 18.1. The number of carbonyl (C=O) groups is 1. The summed E-state index contributed by atoms with van der Waals surface area (Å²) in [7, 11) is 0. The smallest absolute Gasteiger partial charge is 0.270 e. The van der Waals surface area contributed by atoms with Gasteiger partial charge in [0.05, 0.1) is 11.5 Å². The average molecular weight is 366 g/mol. The van der Waals surface area contributed by atoms with Gasteiger partial charge in [-0.15, -0.1) is 0 Å². The van der Waals surface area contributed by atoms with Gasteiger partial charge in [0.1, 0.15) is 5.75 Å². The molecule has 0 aliphatic carbocycles. The molecular weight excluding hydrogens is 348 g/mol. The number of anilines is 1. The zero-order chi connectivity index (χ0) is 19.0. The van der Waals surface area contributed by atoms with E-state index in [0.717, 1.165) is 17.7 Å². The summed E-state index contributed by atoms with van der Waals surface area (Å²) in [5.41, 5.74) is 3.08. The number of nitro benzene ring substituents is 1. The summed E-state index contributed by atoms with van der Waals surface area (Å²) >= 11 is 0. The number of hydrogen-bond donors (Lipinski definition) is 0. The monoisotopic (exact) mass is 366 g/mol. The van der Waals surface area contributed by atoms with E-state index < -0.39 is 4.92 Å². The SMILES string of the molecule is CC1Cc2ccccc2N1C(=O)/C=C/c1cc([N+](=O)[O-])cc2c1OCOC2. The minimum Gasteiger partial charge on any atom is -0.467 e. The molecule has 2 aliphatic heterocycles. The first-order valence-electron chi connectivity index (χ1n) is 8.65. The lowest BCUT2D eigenvalue weighted by molar-refractivity contribution is -0.385. The Bertz CT molecular complexity index is 953. The third kappa shape index (κ3) is 3.17. The molecule has 0 saturated carbocycles. The number of ether oxygens (including phenoxy) is 2. The van der Waals surface area contributed by atoms with Crippen LogP contribution in [0.4, 0.5) is 11.4 Å². The molecule has 1 atom stereocenters. The van der Waals surface area contributed by atoms with Crippen molar-refractivity contribution in [3.8, 4) is 5.75 Å². The second kappa shape index (κ2) is 6.85. The molecule has 1 amide bonds. The molecule has 2 aromatic rings. The van der Waals surface area contributed by atoms with Crippen molar-refractivity contribution < 1.29 is 19.2 Å². The van der Waals surface area contributed by atoms with Crippen LogP contribution in [0.25, 0.3) is 6.08 Å². The van der Waals surface area contributed by atoms with Crippen LogP contribution in [0.3, 0.4) is 0 Å². The molecule has 0 spiro atoms. The largest absolute Gasteiger partial charge is 0.467 e. The van der Waals surface area contributed by atoms with Crippen LogP contribution in [-0.2, 0) is 22.6 Å². The van der Waals surface area contributed by atoms with E-state index in [-0.39, 0.29) is 31.0 Å². The quantitative estimate of drug-likeness (QED) is 0.472. The van der Waals surface area contributed by atoms with Gasteiger partial charge in [0.25, 0.3) is 11.6 Å². The number of nitro groups is 1.